The number of para-hydroxylation sites is 2. The normalized spacial score (nSPS) is 15.0. The van der Waals surface area contributed by atoms with Gasteiger partial charge in [-0.3, -0.25) is 9.59 Å². The Morgan fingerprint density at radius 1 is 1.24 bits per heavy atom. The van der Waals surface area contributed by atoms with Gasteiger partial charge in [-0.2, -0.15) is 0 Å². The summed E-state index contributed by atoms with van der Waals surface area (Å²) in [5, 5.41) is 12.3. The van der Waals surface area contributed by atoms with Gasteiger partial charge in [0.25, 0.3) is 11.8 Å². The van der Waals surface area contributed by atoms with Crippen molar-refractivity contribution in [2.24, 2.45) is 0 Å². The van der Waals surface area contributed by atoms with Crippen LogP contribution in [0.4, 0.5) is 5.69 Å². The molecule has 0 radical (unpaired) electrons. The second-order valence-corrected chi connectivity index (χ2v) is 6.15. The van der Waals surface area contributed by atoms with E-state index in [1.165, 1.54) is 37.3 Å². The molecule has 1 aliphatic rings. The molecule has 9 nitrogen and oxygen atoms in total. The summed E-state index contributed by atoms with van der Waals surface area (Å²) in [4.78, 5) is 38.3. The van der Waals surface area contributed by atoms with Crippen LogP contribution in [-0.2, 0) is 14.3 Å². The zero-order valence-electron chi connectivity index (χ0n) is 15.9. The third-order valence-corrected chi connectivity index (χ3v) is 4.36. The van der Waals surface area contributed by atoms with Gasteiger partial charge in [0.2, 0.25) is 0 Å². The van der Waals surface area contributed by atoms with Crippen molar-refractivity contribution in [3.8, 4) is 17.2 Å². The standard InChI is InChI=1S/C20H20N2O7/c1-21-19(25)17-10-22(14-5-3-4-6-16(14)29-17)18(24)11-28-20(26)13-9-12(27-2)7-8-15(13)23/h3-9,17,23H,10-11H2,1-2H3,(H,21,25)/t17-/m1/s1. The van der Waals surface area contributed by atoms with E-state index in [2.05, 4.69) is 5.32 Å². The number of ether oxygens (including phenoxy) is 3. The molecule has 1 aliphatic heterocycles. The molecular weight excluding hydrogens is 380 g/mol. The van der Waals surface area contributed by atoms with Gasteiger partial charge in [0.05, 0.1) is 19.3 Å². The van der Waals surface area contributed by atoms with Crippen LogP contribution in [0.1, 0.15) is 10.4 Å². The van der Waals surface area contributed by atoms with Crippen LogP contribution in [0.25, 0.3) is 0 Å². The van der Waals surface area contributed by atoms with Crippen LogP contribution in [0.2, 0.25) is 0 Å². The number of esters is 1. The van der Waals surface area contributed by atoms with E-state index in [0.717, 1.165) is 0 Å². The lowest BCUT2D eigenvalue weighted by atomic mass is 10.1. The van der Waals surface area contributed by atoms with Gasteiger partial charge in [-0.15, -0.1) is 0 Å². The van der Waals surface area contributed by atoms with Crippen molar-refractivity contribution in [1.82, 2.24) is 5.32 Å². The van der Waals surface area contributed by atoms with Crippen molar-refractivity contribution >= 4 is 23.5 Å². The summed E-state index contributed by atoms with van der Waals surface area (Å²) >= 11 is 0. The number of anilines is 1. The lowest BCUT2D eigenvalue weighted by Gasteiger charge is -2.33. The van der Waals surface area contributed by atoms with E-state index in [0.29, 0.717) is 17.2 Å². The SMILES string of the molecule is CNC(=O)[C@H]1CN(C(=O)COC(=O)c2cc(OC)ccc2O)c2ccccc2O1. The van der Waals surface area contributed by atoms with Crippen LogP contribution < -0.4 is 19.7 Å². The van der Waals surface area contributed by atoms with E-state index in [1.807, 2.05) is 0 Å². The lowest BCUT2D eigenvalue weighted by Crippen LogP contribution is -2.51. The molecule has 3 rings (SSSR count). The second-order valence-electron chi connectivity index (χ2n) is 6.15. The van der Waals surface area contributed by atoms with Crippen molar-refractivity contribution in [2.75, 3.05) is 32.2 Å². The maximum Gasteiger partial charge on any atom is 0.342 e. The van der Waals surface area contributed by atoms with E-state index < -0.39 is 24.6 Å². The average molecular weight is 400 g/mol. The molecule has 2 aromatic carbocycles. The van der Waals surface area contributed by atoms with Gasteiger partial charge in [-0.1, -0.05) is 12.1 Å². The summed E-state index contributed by atoms with van der Waals surface area (Å²) in [5.41, 5.74) is 0.348. The first-order chi connectivity index (χ1) is 13.9. The molecule has 152 valence electrons. The minimum atomic E-state index is -0.892. The number of rotatable bonds is 5. The Kier molecular flexibility index (Phi) is 5.87. The Hall–Kier alpha value is -3.75. The van der Waals surface area contributed by atoms with Gasteiger partial charge in [0.1, 0.15) is 22.8 Å². The Labute approximate surface area is 166 Å². The highest BCUT2D eigenvalue weighted by molar-refractivity contribution is 6.00. The number of nitrogens with zero attached hydrogens (tertiary/aromatic N) is 1. The van der Waals surface area contributed by atoms with Crippen molar-refractivity contribution < 1.29 is 33.7 Å². The van der Waals surface area contributed by atoms with E-state index in [1.54, 1.807) is 24.3 Å². The monoisotopic (exact) mass is 400 g/mol. The number of benzene rings is 2. The first-order valence-corrected chi connectivity index (χ1v) is 8.76. The third kappa shape index (κ3) is 4.23. The number of hydrogen-bond acceptors (Lipinski definition) is 7. The molecule has 0 fully saturated rings. The molecule has 2 amide bonds. The molecule has 0 bridgehead atoms. The molecule has 2 aromatic rings. The molecule has 0 spiro atoms. The van der Waals surface area contributed by atoms with Gasteiger partial charge in [0, 0.05) is 7.05 Å². The number of amides is 2. The lowest BCUT2D eigenvalue weighted by molar-refractivity contribution is -0.128. The highest BCUT2D eigenvalue weighted by atomic mass is 16.5. The number of carbonyl (C=O) groups is 3. The fourth-order valence-corrected chi connectivity index (χ4v) is 2.86. The van der Waals surface area contributed by atoms with E-state index >= 15 is 0 Å². The maximum absolute atomic E-state index is 12.7. The zero-order chi connectivity index (χ0) is 21.0. The third-order valence-electron chi connectivity index (χ3n) is 4.36. The minimum absolute atomic E-state index is 0.0303. The molecule has 9 heteroatoms. The Morgan fingerprint density at radius 2 is 2.00 bits per heavy atom. The van der Waals surface area contributed by atoms with Crippen LogP contribution >= 0.6 is 0 Å². The number of likely N-dealkylation sites (N-methyl/N-ethyl adjacent to an activating group) is 1. The number of aromatic hydroxyl groups is 1. The molecule has 0 aromatic heterocycles. The fraction of sp³-hybridized carbons (Fsp3) is 0.250. The summed E-state index contributed by atoms with van der Waals surface area (Å²) in [7, 11) is 2.89. The van der Waals surface area contributed by atoms with Crippen molar-refractivity contribution in [3.63, 3.8) is 0 Å². The second kappa shape index (κ2) is 8.51. The number of phenolic OH excluding ortho intramolecular Hbond substituents is 1. The number of phenols is 1. The smallest absolute Gasteiger partial charge is 0.342 e. The quantitative estimate of drug-likeness (QED) is 0.722. The number of fused-ring (bicyclic) bond motifs is 1. The topological polar surface area (TPSA) is 114 Å². The number of methoxy groups -OCH3 is 1. The summed E-state index contributed by atoms with van der Waals surface area (Å²) in [6.45, 7) is -0.609. The zero-order valence-corrected chi connectivity index (χ0v) is 15.9. The molecule has 0 aliphatic carbocycles. The highest BCUT2D eigenvalue weighted by Crippen LogP contribution is 2.33. The molecule has 0 saturated heterocycles. The van der Waals surface area contributed by atoms with Crippen LogP contribution in [0.15, 0.2) is 42.5 Å². The highest BCUT2D eigenvalue weighted by Gasteiger charge is 2.33. The number of hydrogen-bond donors (Lipinski definition) is 2. The first kappa shape index (κ1) is 20.0. The van der Waals surface area contributed by atoms with Crippen LogP contribution in [0.3, 0.4) is 0 Å². The molecule has 0 unspecified atom stereocenters. The van der Waals surface area contributed by atoms with E-state index in [9.17, 15) is 19.5 Å². The number of nitrogens with one attached hydrogen (secondary N) is 1. The largest absolute Gasteiger partial charge is 0.507 e. The first-order valence-electron chi connectivity index (χ1n) is 8.76. The summed E-state index contributed by atoms with van der Waals surface area (Å²) in [5.74, 6) is -1.35. The molecule has 0 saturated carbocycles. The summed E-state index contributed by atoms with van der Waals surface area (Å²) in [6.07, 6.45) is -0.892. The van der Waals surface area contributed by atoms with Gasteiger partial charge >= 0.3 is 5.97 Å². The van der Waals surface area contributed by atoms with E-state index in [4.69, 9.17) is 14.2 Å². The predicted octanol–water partition coefficient (Wildman–Crippen LogP) is 1.10. The average Bonchev–Trinajstić information content (AvgIpc) is 2.76. The predicted molar refractivity (Wildman–Crippen MR) is 102 cm³/mol. The van der Waals surface area contributed by atoms with Crippen molar-refractivity contribution in [1.29, 1.82) is 0 Å². The van der Waals surface area contributed by atoms with Crippen LogP contribution in [0, 0.1) is 0 Å². The number of carbonyl (C=O) groups excluding carboxylic acids is 3. The molecule has 1 atom stereocenters. The Bertz CT molecular complexity index is 944. The molecule has 1 heterocycles. The fourth-order valence-electron chi connectivity index (χ4n) is 2.86. The van der Waals surface area contributed by atoms with Gasteiger partial charge in [-0.25, -0.2) is 4.79 Å². The van der Waals surface area contributed by atoms with Crippen molar-refractivity contribution in [3.05, 3.63) is 48.0 Å². The van der Waals surface area contributed by atoms with E-state index in [-0.39, 0.29) is 23.8 Å². The Morgan fingerprint density at radius 3 is 2.72 bits per heavy atom. The van der Waals surface area contributed by atoms with Gasteiger partial charge in [-0.05, 0) is 30.3 Å². The summed E-state index contributed by atoms with van der Waals surface area (Å²) < 4.78 is 15.7. The van der Waals surface area contributed by atoms with Gasteiger partial charge < -0.3 is 29.5 Å². The molecule has 29 heavy (non-hydrogen) atoms. The van der Waals surface area contributed by atoms with Gasteiger partial charge in [0.15, 0.2) is 12.7 Å². The summed E-state index contributed by atoms with van der Waals surface area (Å²) in [6, 6.07) is 10.9. The minimum Gasteiger partial charge on any atom is -0.507 e. The van der Waals surface area contributed by atoms with Crippen LogP contribution in [0.5, 0.6) is 17.2 Å². The molecular formula is C20H20N2O7. The maximum atomic E-state index is 12.7. The molecule has 2 N–H and O–H groups in total. The van der Waals surface area contributed by atoms with Crippen molar-refractivity contribution in [2.45, 2.75) is 6.10 Å². The Balaban J connectivity index is 1.74. The van der Waals surface area contributed by atoms with Crippen LogP contribution in [-0.4, -0.2) is 56.3 Å².